The summed E-state index contributed by atoms with van der Waals surface area (Å²) in [4.78, 5) is 24.4. The maximum absolute atomic E-state index is 12.2. The van der Waals surface area contributed by atoms with Gasteiger partial charge in [0.25, 0.3) is 5.91 Å². The predicted octanol–water partition coefficient (Wildman–Crippen LogP) is 0.976. The van der Waals surface area contributed by atoms with Gasteiger partial charge in [0.15, 0.2) is 0 Å². The van der Waals surface area contributed by atoms with Crippen LogP contribution in [0.5, 0.6) is 0 Å². The summed E-state index contributed by atoms with van der Waals surface area (Å²) in [5, 5.41) is 15.7. The van der Waals surface area contributed by atoms with Gasteiger partial charge >= 0.3 is 5.97 Å². The molecule has 2 aliphatic carbocycles. The molecule has 0 radical (unpaired) electrons. The summed E-state index contributed by atoms with van der Waals surface area (Å²) in [6, 6.07) is 1.84. The van der Waals surface area contributed by atoms with Crippen molar-refractivity contribution in [3.63, 3.8) is 0 Å². The Morgan fingerprint density at radius 1 is 1.39 bits per heavy atom. The molecule has 0 aliphatic heterocycles. The Morgan fingerprint density at radius 3 is 2.67 bits per heavy atom. The topological polar surface area (TPSA) is 86.3 Å². The van der Waals surface area contributed by atoms with Crippen LogP contribution in [0.4, 0.5) is 0 Å². The molecule has 0 spiro atoms. The van der Waals surface area contributed by atoms with E-state index in [1.807, 2.05) is 0 Å². The lowest BCUT2D eigenvalue weighted by Crippen LogP contribution is -2.37. The molecule has 2 aliphatic rings. The fourth-order valence-electron chi connectivity index (χ4n) is 2.10. The first-order chi connectivity index (χ1) is 8.65. The number of hydrogen-bond donors (Lipinski definition) is 2. The van der Waals surface area contributed by atoms with Crippen LogP contribution in [0.2, 0.25) is 0 Å². The number of carbonyl (C=O) groups excluding carboxylic acids is 1. The minimum atomic E-state index is -0.979. The van der Waals surface area contributed by atoms with Crippen LogP contribution in [0, 0.1) is 0 Å². The van der Waals surface area contributed by atoms with E-state index >= 15 is 0 Å². The average molecular weight is 249 g/mol. The van der Waals surface area contributed by atoms with Gasteiger partial charge in [0.2, 0.25) is 0 Å². The second-order valence-electron chi connectivity index (χ2n) is 5.04. The molecule has 2 N–H and O–H groups in total. The van der Waals surface area contributed by atoms with Crippen molar-refractivity contribution in [1.29, 1.82) is 0 Å². The predicted molar refractivity (Wildman–Crippen MR) is 62.3 cm³/mol. The van der Waals surface area contributed by atoms with Crippen molar-refractivity contribution >= 4 is 11.9 Å². The van der Waals surface area contributed by atoms with Gasteiger partial charge in [-0.3, -0.25) is 14.7 Å². The van der Waals surface area contributed by atoms with E-state index in [1.54, 1.807) is 6.07 Å². The van der Waals surface area contributed by atoms with Gasteiger partial charge in [-0.1, -0.05) is 0 Å². The highest BCUT2D eigenvalue weighted by atomic mass is 16.4. The van der Waals surface area contributed by atoms with Gasteiger partial charge in [-0.2, -0.15) is 5.10 Å². The molecule has 0 atom stereocenters. The Labute approximate surface area is 104 Å². The van der Waals surface area contributed by atoms with E-state index in [-0.39, 0.29) is 18.5 Å². The lowest BCUT2D eigenvalue weighted by molar-refractivity contribution is -0.137. The number of rotatable bonds is 5. The first kappa shape index (κ1) is 11.3. The molecule has 3 rings (SSSR count). The van der Waals surface area contributed by atoms with Crippen molar-refractivity contribution in [2.24, 2.45) is 0 Å². The van der Waals surface area contributed by atoms with Gasteiger partial charge in [-0.05, 0) is 31.7 Å². The summed E-state index contributed by atoms with van der Waals surface area (Å²) < 4.78 is 0. The summed E-state index contributed by atoms with van der Waals surface area (Å²) in [5.41, 5.74) is 1.33. The first-order valence-electron chi connectivity index (χ1n) is 6.23. The van der Waals surface area contributed by atoms with Crippen molar-refractivity contribution in [3.8, 4) is 0 Å². The van der Waals surface area contributed by atoms with E-state index in [0.717, 1.165) is 31.4 Å². The number of nitrogens with zero attached hydrogens (tertiary/aromatic N) is 2. The lowest BCUT2D eigenvalue weighted by atomic mass is 10.2. The molecule has 1 aromatic rings. The number of hydrogen-bond acceptors (Lipinski definition) is 3. The minimum Gasteiger partial charge on any atom is -0.480 e. The van der Waals surface area contributed by atoms with E-state index in [0.29, 0.717) is 11.6 Å². The number of aromatic nitrogens is 2. The van der Waals surface area contributed by atoms with E-state index in [4.69, 9.17) is 5.11 Å². The zero-order chi connectivity index (χ0) is 12.7. The third-order valence-electron chi connectivity index (χ3n) is 3.39. The van der Waals surface area contributed by atoms with Crippen LogP contribution in [0.3, 0.4) is 0 Å². The summed E-state index contributed by atoms with van der Waals surface area (Å²) >= 11 is 0. The molecule has 0 bridgehead atoms. The van der Waals surface area contributed by atoms with Crippen molar-refractivity contribution in [3.05, 3.63) is 17.5 Å². The third kappa shape index (κ3) is 2.23. The molecular weight excluding hydrogens is 234 g/mol. The molecule has 1 amide bonds. The molecule has 2 fully saturated rings. The van der Waals surface area contributed by atoms with Crippen molar-refractivity contribution in [1.82, 2.24) is 15.1 Å². The molecule has 18 heavy (non-hydrogen) atoms. The van der Waals surface area contributed by atoms with Crippen LogP contribution in [0.15, 0.2) is 6.07 Å². The number of carbonyl (C=O) groups is 2. The van der Waals surface area contributed by atoms with Gasteiger partial charge in [0.05, 0.1) is 0 Å². The van der Waals surface area contributed by atoms with Crippen LogP contribution in [0.1, 0.15) is 47.8 Å². The highest BCUT2D eigenvalue weighted by Gasteiger charge is 2.36. The number of carboxylic acid groups (broad SMARTS) is 1. The summed E-state index contributed by atoms with van der Waals surface area (Å²) in [6.45, 7) is -0.241. The van der Waals surface area contributed by atoms with Gasteiger partial charge in [-0.25, -0.2) is 0 Å². The number of amides is 1. The molecule has 6 nitrogen and oxygen atoms in total. The zero-order valence-corrected chi connectivity index (χ0v) is 9.93. The number of carboxylic acids is 1. The molecule has 1 heterocycles. The minimum absolute atomic E-state index is 0.0784. The molecule has 2 saturated carbocycles. The van der Waals surface area contributed by atoms with E-state index in [9.17, 15) is 9.59 Å². The monoisotopic (exact) mass is 249 g/mol. The standard InChI is InChI=1S/C12H15N3O3/c16-11(17)6-15(8-3-4-8)12(18)10-5-9(13-14-10)7-1-2-7/h5,7-8H,1-4,6H2,(H,13,14)(H,16,17). The number of aliphatic carboxylic acids is 1. The maximum atomic E-state index is 12.2. The van der Waals surface area contributed by atoms with Crippen LogP contribution in [0.25, 0.3) is 0 Å². The highest BCUT2D eigenvalue weighted by molar-refractivity contribution is 5.94. The summed E-state index contributed by atoms with van der Waals surface area (Å²) in [7, 11) is 0. The Balaban J connectivity index is 1.75. The molecule has 1 aromatic heterocycles. The lowest BCUT2D eigenvalue weighted by Gasteiger charge is -2.18. The molecule has 0 unspecified atom stereocenters. The third-order valence-corrected chi connectivity index (χ3v) is 3.39. The van der Waals surface area contributed by atoms with Gasteiger partial charge in [-0.15, -0.1) is 0 Å². The van der Waals surface area contributed by atoms with Crippen molar-refractivity contribution in [2.45, 2.75) is 37.6 Å². The van der Waals surface area contributed by atoms with Crippen LogP contribution < -0.4 is 0 Å². The van der Waals surface area contributed by atoms with Gasteiger partial charge < -0.3 is 10.0 Å². The van der Waals surface area contributed by atoms with Crippen molar-refractivity contribution in [2.75, 3.05) is 6.54 Å². The number of aromatic amines is 1. The molecule has 0 aromatic carbocycles. The van der Waals surface area contributed by atoms with E-state index < -0.39 is 5.97 Å². The molecular formula is C12H15N3O3. The van der Waals surface area contributed by atoms with E-state index in [1.165, 1.54) is 4.90 Å². The number of H-pyrrole nitrogens is 1. The normalized spacial score (nSPS) is 18.7. The van der Waals surface area contributed by atoms with Crippen LogP contribution in [-0.4, -0.2) is 44.7 Å². The second kappa shape index (κ2) is 4.12. The Bertz CT molecular complexity index is 489. The van der Waals surface area contributed by atoms with Crippen molar-refractivity contribution < 1.29 is 14.7 Å². The second-order valence-corrected chi connectivity index (χ2v) is 5.04. The van der Waals surface area contributed by atoms with E-state index in [2.05, 4.69) is 10.2 Å². The molecule has 0 saturated heterocycles. The smallest absolute Gasteiger partial charge is 0.323 e. The number of nitrogens with one attached hydrogen (secondary N) is 1. The quantitative estimate of drug-likeness (QED) is 0.814. The Kier molecular flexibility index (Phi) is 2.57. The van der Waals surface area contributed by atoms with Crippen LogP contribution >= 0.6 is 0 Å². The molecule has 96 valence electrons. The fraction of sp³-hybridized carbons (Fsp3) is 0.583. The largest absolute Gasteiger partial charge is 0.480 e. The average Bonchev–Trinajstić information content (AvgIpc) is 3.24. The Hall–Kier alpha value is -1.85. The maximum Gasteiger partial charge on any atom is 0.323 e. The summed E-state index contributed by atoms with van der Waals surface area (Å²) in [6.07, 6.45) is 4.05. The SMILES string of the molecule is O=C(O)CN(C(=O)c1cc(C2CC2)[nH]n1)C1CC1. The highest BCUT2D eigenvalue weighted by Crippen LogP contribution is 2.39. The summed E-state index contributed by atoms with van der Waals surface area (Å²) in [5.74, 6) is -0.746. The Morgan fingerprint density at radius 2 is 2.11 bits per heavy atom. The zero-order valence-electron chi connectivity index (χ0n) is 9.93. The first-order valence-corrected chi connectivity index (χ1v) is 6.23. The van der Waals surface area contributed by atoms with Crippen LogP contribution in [-0.2, 0) is 4.79 Å². The van der Waals surface area contributed by atoms with Gasteiger partial charge in [0.1, 0.15) is 12.2 Å². The fourth-order valence-corrected chi connectivity index (χ4v) is 2.10. The molecule has 6 heteroatoms. The van der Waals surface area contributed by atoms with Gasteiger partial charge in [0, 0.05) is 17.7 Å².